The predicted octanol–water partition coefficient (Wildman–Crippen LogP) is 2.32. The molecule has 1 aromatic rings. The van der Waals surface area contributed by atoms with Crippen molar-refractivity contribution < 1.29 is 8.42 Å². The van der Waals surface area contributed by atoms with Gasteiger partial charge in [0.1, 0.15) is 10.7 Å². The number of hydrogen-bond donors (Lipinski definition) is 1. The Kier molecular flexibility index (Phi) is 4.34. The molecule has 1 aliphatic rings. The number of sulfonamides is 1. The molecule has 0 bridgehead atoms. The van der Waals surface area contributed by atoms with Gasteiger partial charge in [0.15, 0.2) is 0 Å². The van der Waals surface area contributed by atoms with Gasteiger partial charge in [-0.15, -0.1) is 0 Å². The van der Waals surface area contributed by atoms with E-state index in [0.717, 1.165) is 19.4 Å². The zero-order valence-corrected chi connectivity index (χ0v) is 13.2. The Bertz CT molecular complexity index is 552. The number of piperidine rings is 1. The standard InChI is InChI=1S/C14H23N3O2S/c1-4-15-13-7-6-12(10-16-13)20(18,19)17-9-5-8-14(2,3)11-17/h6-7,10H,4-5,8-9,11H2,1-3H3,(H,15,16). The van der Waals surface area contributed by atoms with E-state index in [1.165, 1.54) is 6.20 Å². The lowest BCUT2D eigenvalue weighted by molar-refractivity contribution is 0.187. The van der Waals surface area contributed by atoms with Crippen LogP contribution in [0.2, 0.25) is 0 Å². The molecular weight excluding hydrogens is 274 g/mol. The number of aromatic nitrogens is 1. The maximum absolute atomic E-state index is 12.6. The van der Waals surface area contributed by atoms with E-state index in [-0.39, 0.29) is 10.3 Å². The molecule has 1 aromatic heterocycles. The second kappa shape index (κ2) is 5.69. The number of anilines is 1. The molecule has 0 spiro atoms. The van der Waals surface area contributed by atoms with Gasteiger partial charge >= 0.3 is 0 Å². The topological polar surface area (TPSA) is 62.3 Å². The molecule has 20 heavy (non-hydrogen) atoms. The second-order valence-corrected chi connectivity index (χ2v) is 7.95. The lowest BCUT2D eigenvalue weighted by Gasteiger charge is -2.37. The van der Waals surface area contributed by atoms with Crippen LogP contribution in [-0.2, 0) is 10.0 Å². The van der Waals surface area contributed by atoms with E-state index in [9.17, 15) is 8.42 Å². The van der Waals surface area contributed by atoms with Crippen molar-refractivity contribution in [1.82, 2.24) is 9.29 Å². The van der Waals surface area contributed by atoms with E-state index in [0.29, 0.717) is 18.9 Å². The smallest absolute Gasteiger partial charge is 0.244 e. The van der Waals surface area contributed by atoms with Crippen LogP contribution in [-0.4, -0.2) is 37.3 Å². The molecule has 6 heteroatoms. The molecule has 1 fully saturated rings. The zero-order chi connectivity index (χ0) is 14.8. The summed E-state index contributed by atoms with van der Waals surface area (Å²) in [6, 6.07) is 3.34. The molecule has 5 nitrogen and oxygen atoms in total. The van der Waals surface area contributed by atoms with E-state index in [2.05, 4.69) is 24.1 Å². The monoisotopic (exact) mass is 297 g/mol. The summed E-state index contributed by atoms with van der Waals surface area (Å²) < 4.78 is 26.8. The molecule has 1 N–H and O–H groups in total. The first kappa shape index (κ1) is 15.3. The van der Waals surface area contributed by atoms with Crippen molar-refractivity contribution >= 4 is 15.8 Å². The summed E-state index contributed by atoms with van der Waals surface area (Å²) in [6.45, 7) is 8.13. The molecule has 0 unspecified atom stereocenters. The SMILES string of the molecule is CCNc1ccc(S(=O)(=O)N2CCCC(C)(C)C2)cn1. The highest BCUT2D eigenvalue weighted by Gasteiger charge is 2.34. The van der Waals surface area contributed by atoms with Crippen LogP contribution in [0, 0.1) is 5.41 Å². The highest BCUT2D eigenvalue weighted by Crippen LogP contribution is 2.31. The van der Waals surface area contributed by atoms with Gasteiger partial charge in [0.2, 0.25) is 10.0 Å². The van der Waals surface area contributed by atoms with Gasteiger partial charge in [-0.3, -0.25) is 0 Å². The van der Waals surface area contributed by atoms with Crippen LogP contribution in [0.1, 0.15) is 33.6 Å². The molecule has 2 heterocycles. The number of nitrogens with zero attached hydrogens (tertiary/aromatic N) is 2. The second-order valence-electron chi connectivity index (χ2n) is 6.02. The number of pyridine rings is 1. The minimum Gasteiger partial charge on any atom is -0.370 e. The van der Waals surface area contributed by atoms with E-state index in [1.54, 1.807) is 16.4 Å². The van der Waals surface area contributed by atoms with E-state index in [1.807, 2.05) is 6.92 Å². The summed E-state index contributed by atoms with van der Waals surface area (Å²) in [4.78, 5) is 4.42. The Balaban J connectivity index is 2.21. The molecule has 0 aromatic carbocycles. The maximum Gasteiger partial charge on any atom is 0.244 e. The Labute approximate surface area is 121 Å². The minimum atomic E-state index is -3.42. The Hall–Kier alpha value is -1.14. The fraction of sp³-hybridized carbons (Fsp3) is 0.643. The predicted molar refractivity (Wildman–Crippen MR) is 80.2 cm³/mol. The van der Waals surface area contributed by atoms with Crippen LogP contribution in [0.15, 0.2) is 23.2 Å². The quantitative estimate of drug-likeness (QED) is 0.926. The third-order valence-corrected chi connectivity index (χ3v) is 5.43. The summed E-state index contributed by atoms with van der Waals surface area (Å²) in [5.74, 6) is 0.699. The molecule has 0 aliphatic carbocycles. The van der Waals surface area contributed by atoms with Gasteiger partial charge in [0.25, 0.3) is 0 Å². The van der Waals surface area contributed by atoms with Gasteiger partial charge in [-0.05, 0) is 37.3 Å². The number of hydrogen-bond acceptors (Lipinski definition) is 4. The molecule has 1 saturated heterocycles. The van der Waals surface area contributed by atoms with Crippen molar-refractivity contribution in [3.05, 3.63) is 18.3 Å². The summed E-state index contributed by atoms with van der Waals surface area (Å²) in [7, 11) is -3.42. The molecule has 0 amide bonds. The lowest BCUT2D eigenvalue weighted by atomic mass is 9.85. The van der Waals surface area contributed by atoms with Gasteiger partial charge in [0, 0.05) is 25.8 Å². The first-order valence-corrected chi connectivity index (χ1v) is 8.49. The largest absolute Gasteiger partial charge is 0.370 e. The number of nitrogens with one attached hydrogen (secondary N) is 1. The van der Waals surface area contributed by atoms with Gasteiger partial charge in [-0.25, -0.2) is 13.4 Å². The first-order valence-electron chi connectivity index (χ1n) is 7.05. The van der Waals surface area contributed by atoms with Crippen LogP contribution in [0.5, 0.6) is 0 Å². The van der Waals surface area contributed by atoms with Crippen molar-refractivity contribution in [1.29, 1.82) is 0 Å². The summed E-state index contributed by atoms with van der Waals surface area (Å²) in [6.07, 6.45) is 3.42. The van der Waals surface area contributed by atoms with Crippen molar-refractivity contribution in [2.75, 3.05) is 25.0 Å². The first-order chi connectivity index (χ1) is 9.35. The molecular formula is C14H23N3O2S. The molecule has 0 atom stereocenters. The van der Waals surface area contributed by atoms with Crippen LogP contribution < -0.4 is 5.32 Å². The highest BCUT2D eigenvalue weighted by atomic mass is 32.2. The molecule has 112 valence electrons. The van der Waals surface area contributed by atoms with Gasteiger partial charge < -0.3 is 5.32 Å². The Morgan fingerprint density at radius 1 is 1.40 bits per heavy atom. The zero-order valence-electron chi connectivity index (χ0n) is 12.4. The average molecular weight is 297 g/mol. The van der Waals surface area contributed by atoms with Crippen molar-refractivity contribution in [3.8, 4) is 0 Å². The van der Waals surface area contributed by atoms with Crippen LogP contribution >= 0.6 is 0 Å². The van der Waals surface area contributed by atoms with Crippen molar-refractivity contribution in [3.63, 3.8) is 0 Å². The average Bonchev–Trinajstić information content (AvgIpc) is 2.38. The Morgan fingerprint density at radius 2 is 2.15 bits per heavy atom. The van der Waals surface area contributed by atoms with E-state index in [4.69, 9.17) is 0 Å². The van der Waals surface area contributed by atoms with Crippen LogP contribution in [0.4, 0.5) is 5.82 Å². The Morgan fingerprint density at radius 3 is 2.70 bits per heavy atom. The number of rotatable bonds is 4. The fourth-order valence-corrected chi connectivity index (χ4v) is 4.16. The summed E-state index contributed by atoms with van der Waals surface area (Å²) in [5, 5.41) is 3.06. The van der Waals surface area contributed by atoms with Crippen molar-refractivity contribution in [2.24, 2.45) is 5.41 Å². The van der Waals surface area contributed by atoms with Crippen LogP contribution in [0.25, 0.3) is 0 Å². The van der Waals surface area contributed by atoms with Crippen molar-refractivity contribution in [2.45, 2.75) is 38.5 Å². The molecule has 2 rings (SSSR count). The minimum absolute atomic E-state index is 0.0441. The van der Waals surface area contributed by atoms with Gasteiger partial charge in [-0.1, -0.05) is 13.8 Å². The lowest BCUT2D eigenvalue weighted by Crippen LogP contribution is -2.43. The fourth-order valence-electron chi connectivity index (χ4n) is 2.54. The van der Waals surface area contributed by atoms with E-state index < -0.39 is 10.0 Å². The summed E-state index contributed by atoms with van der Waals surface area (Å²) >= 11 is 0. The molecule has 1 aliphatic heterocycles. The molecule has 0 radical (unpaired) electrons. The third-order valence-electron chi connectivity index (χ3n) is 3.60. The maximum atomic E-state index is 12.6. The van der Waals surface area contributed by atoms with Gasteiger partial charge in [0.05, 0.1) is 0 Å². The van der Waals surface area contributed by atoms with Gasteiger partial charge in [-0.2, -0.15) is 4.31 Å². The highest BCUT2D eigenvalue weighted by molar-refractivity contribution is 7.89. The van der Waals surface area contributed by atoms with E-state index >= 15 is 0 Å². The van der Waals surface area contributed by atoms with Crippen LogP contribution in [0.3, 0.4) is 0 Å². The molecule has 0 saturated carbocycles. The summed E-state index contributed by atoms with van der Waals surface area (Å²) in [5.41, 5.74) is 0.0441. The third kappa shape index (κ3) is 3.30. The normalized spacial score (nSPS) is 19.8.